The third kappa shape index (κ3) is 3.76. The highest BCUT2D eigenvalue weighted by Gasteiger charge is 2.25. The van der Waals surface area contributed by atoms with Gasteiger partial charge in [-0.2, -0.15) is 0 Å². The van der Waals surface area contributed by atoms with Crippen molar-refractivity contribution in [3.05, 3.63) is 71.4 Å². The first kappa shape index (κ1) is 15.7. The van der Waals surface area contributed by atoms with Gasteiger partial charge in [-0.1, -0.05) is 42.5 Å². The molecule has 0 unspecified atom stereocenters. The molecule has 120 valence electrons. The topological polar surface area (TPSA) is 21.3 Å². The minimum absolute atomic E-state index is 0.0504. The predicted octanol–water partition coefficient (Wildman–Crippen LogP) is 4.81. The van der Waals surface area contributed by atoms with Gasteiger partial charge in [0.15, 0.2) is 0 Å². The molecule has 0 spiro atoms. The summed E-state index contributed by atoms with van der Waals surface area (Å²) in [7, 11) is 1.71. The molecule has 1 aliphatic carbocycles. The van der Waals surface area contributed by atoms with Gasteiger partial charge in [-0.25, -0.2) is 0 Å². The van der Waals surface area contributed by atoms with Crippen LogP contribution < -0.4 is 10.1 Å². The molecule has 23 heavy (non-hydrogen) atoms. The fourth-order valence-electron chi connectivity index (χ4n) is 3.18. The standard InChI is InChI=1S/C21H25NO/c1-21(2,15-16-7-5-4-6-8-16)22-20-14-13-19(20)17-9-11-18(23-3)12-10-17/h4-12,22H,13-15H2,1-3H3. The lowest BCUT2D eigenvalue weighted by Gasteiger charge is -2.35. The summed E-state index contributed by atoms with van der Waals surface area (Å²) in [6, 6.07) is 19.1. The maximum Gasteiger partial charge on any atom is 0.118 e. The lowest BCUT2D eigenvalue weighted by atomic mass is 9.85. The van der Waals surface area contributed by atoms with E-state index in [-0.39, 0.29) is 5.54 Å². The number of ether oxygens (including phenoxy) is 1. The molecule has 0 saturated heterocycles. The van der Waals surface area contributed by atoms with Crippen LogP contribution in [0.15, 0.2) is 60.3 Å². The maximum atomic E-state index is 5.24. The number of hydrogen-bond acceptors (Lipinski definition) is 2. The fourth-order valence-corrected chi connectivity index (χ4v) is 3.18. The van der Waals surface area contributed by atoms with Gasteiger partial charge in [-0.15, -0.1) is 0 Å². The van der Waals surface area contributed by atoms with E-state index in [0.717, 1.165) is 25.0 Å². The van der Waals surface area contributed by atoms with Gasteiger partial charge in [-0.05, 0) is 61.9 Å². The molecule has 3 rings (SSSR count). The van der Waals surface area contributed by atoms with Crippen LogP contribution in [0.2, 0.25) is 0 Å². The Kier molecular flexibility index (Phi) is 4.42. The van der Waals surface area contributed by atoms with E-state index in [9.17, 15) is 0 Å². The second kappa shape index (κ2) is 6.49. The van der Waals surface area contributed by atoms with Gasteiger partial charge < -0.3 is 10.1 Å². The Balaban J connectivity index is 1.73. The highest BCUT2D eigenvalue weighted by atomic mass is 16.5. The van der Waals surface area contributed by atoms with Gasteiger partial charge in [0.1, 0.15) is 5.75 Å². The third-order valence-electron chi connectivity index (χ3n) is 4.41. The van der Waals surface area contributed by atoms with Crippen molar-refractivity contribution in [2.75, 3.05) is 7.11 Å². The summed E-state index contributed by atoms with van der Waals surface area (Å²) in [5.41, 5.74) is 5.55. The molecule has 0 radical (unpaired) electrons. The molecular formula is C21H25NO. The average Bonchev–Trinajstić information content (AvgIpc) is 2.53. The van der Waals surface area contributed by atoms with Crippen LogP contribution in [-0.2, 0) is 6.42 Å². The third-order valence-corrected chi connectivity index (χ3v) is 4.41. The van der Waals surface area contributed by atoms with Gasteiger partial charge >= 0.3 is 0 Å². The Morgan fingerprint density at radius 3 is 2.22 bits per heavy atom. The van der Waals surface area contributed by atoms with E-state index < -0.39 is 0 Å². The number of hydrogen-bond donors (Lipinski definition) is 1. The Morgan fingerprint density at radius 1 is 0.957 bits per heavy atom. The van der Waals surface area contributed by atoms with Crippen LogP contribution in [0, 0.1) is 0 Å². The van der Waals surface area contributed by atoms with Gasteiger partial charge in [0, 0.05) is 11.2 Å². The summed E-state index contributed by atoms with van der Waals surface area (Å²) in [6.45, 7) is 4.55. The smallest absolute Gasteiger partial charge is 0.118 e. The van der Waals surface area contributed by atoms with E-state index in [1.807, 2.05) is 12.1 Å². The van der Waals surface area contributed by atoms with Crippen molar-refractivity contribution < 1.29 is 4.74 Å². The molecule has 0 aliphatic heterocycles. The summed E-state index contributed by atoms with van der Waals surface area (Å²) in [4.78, 5) is 0. The first-order chi connectivity index (χ1) is 11.1. The number of benzene rings is 2. The van der Waals surface area contributed by atoms with Crippen molar-refractivity contribution >= 4 is 5.57 Å². The zero-order valence-corrected chi connectivity index (χ0v) is 14.2. The lowest BCUT2D eigenvalue weighted by Crippen LogP contribution is -2.42. The van der Waals surface area contributed by atoms with Crippen LogP contribution in [0.3, 0.4) is 0 Å². The van der Waals surface area contributed by atoms with Gasteiger partial charge in [-0.3, -0.25) is 0 Å². The zero-order valence-electron chi connectivity index (χ0n) is 14.2. The van der Waals surface area contributed by atoms with E-state index in [1.54, 1.807) is 7.11 Å². The molecule has 0 amide bonds. The summed E-state index contributed by atoms with van der Waals surface area (Å²) >= 11 is 0. The number of allylic oxidation sites excluding steroid dienone is 2. The maximum absolute atomic E-state index is 5.24. The van der Waals surface area contributed by atoms with E-state index >= 15 is 0 Å². The minimum Gasteiger partial charge on any atom is -0.497 e. The highest BCUT2D eigenvalue weighted by Crippen LogP contribution is 2.36. The van der Waals surface area contributed by atoms with Crippen LogP contribution in [0.25, 0.3) is 5.57 Å². The summed E-state index contributed by atoms with van der Waals surface area (Å²) in [6.07, 6.45) is 3.31. The predicted molar refractivity (Wildman–Crippen MR) is 96.5 cm³/mol. The van der Waals surface area contributed by atoms with Crippen molar-refractivity contribution in [1.29, 1.82) is 0 Å². The van der Waals surface area contributed by atoms with E-state index in [0.29, 0.717) is 0 Å². The molecule has 2 aromatic carbocycles. The molecule has 0 heterocycles. The first-order valence-electron chi connectivity index (χ1n) is 8.26. The number of rotatable bonds is 6. The highest BCUT2D eigenvalue weighted by molar-refractivity contribution is 5.73. The zero-order chi connectivity index (χ0) is 16.3. The SMILES string of the molecule is COc1ccc(C2=C(NC(C)(C)Cc3ccccc3)CC2)cc1. The minimum atomic E-state index is 0.0504. The van der Waals surface area contributed by atoms with Gasteiger partial charge in [0.25, 0.3) is 0 Å². The Hall–Kier alpha value is -2.22. The Labute approximate surface area is 139 Å². The summed E-state index contributed by atoms with van der Waals surface area (Å²) < 4.78 is 5.24. The second-order valence-corrected chi connectivity index (χ2v) is 6.86. The molecule has 0 bridgehead atoms. The molecule has 0 fully saturated rings. The van der Waals surface area contributed by atoms with Gasteiger partial charge in [0.05, 0.1) is 7.11 Å². The molecule has 0 atom stereocenters. The van der Waals surface area contributed by atoms with Crippen molar-refractivity contribution in [2.24, 2.45) is 0 Å². The van der Waals surface area contributed by atoms with Crippen LogP contribution in [0.1, 0.15) is 37.8 Å². The quantitative estimate of drug-likeness (QED) is 0.827. The molecular weight excluding hydrogens is 282 g/mol. The molecule has 2 aromatic rings. The van der Waals surface area contributed by atoms with Gasteiger partial charge in [0.2, 0.25) is 0 Å². The van der Waals surface area contributed by atoms with E-state index in [2.05, 4.69) is 61.6 Å². The summed E-state index contributed by atoms with van der Waals surface area (Å²) in [5.74, 6) is 0.910. The van der Waals surface area contributed by atoms with Crippen LogP contribution in [0.5, 0.6) is 5.75 Å². The molecule has 2 nitrogen and oxygen atoms in total. The van der Waals surface area contributed by atoms with Crippen molar-refractivity contribution in [1.82, 2.24) is 5.32 Å². The Morgan fingerprint density at radius 2 is 1.65 bits per heavy atom. The summed E-state index contributed by atoms with van der Waals surface area (Å²) in [5, 5.41) is 3.77. The fraction of sp³-hybridized carbons (Fsp3) is 0.333. The molecule has 2 heteroatoms. The lowest BCUT2D eigenvalue weighted by molar-refractivity contribution is 0.412. The van der Waals surface area contributed by atoms with E-state index in [4.69, 9.17) is 4.74 Å². The van der Waals surface area contributed by atoms with Crippen molar-refractivity contribution in [3.63, 3.8) is 0 Å². The van der Waals surface area contributed by atoms with Crippen LogP contribution >= 0.6 is 0 Å². The normalized spacial score (nSPS) is 14.4. The number of methoxy groups -OCH3 is 1. The van der Waals surface area contributed by atoms with Crippen LogP contribution in [-0.4, -0.2) is 12.6 Å². The molecule has 0 saturated carbocycles. The van der Waals surface area contributed by atoms with Crippen molar-refractivity contribution in [2.45, 2.75) is 38.6 Å². The Bertz CT molecular complexity index is 684. The molecule has 0 aromatic heterocycles. The first-order valence-corrected chi connectivity index (χ1v) is 8.26. The second-order valence-electron chi connectivity index (χ2n) is 6.86. The monoisotopic (exact) mass is 307 g/mol. The van der Waals surface area contributed by atoms with E-state index in [1.165, 1.54) is 22.4 Å². The molecule has 1 N–H and O–H groups in total. The largest absolute Gasteiger partial charge is 0.497 e. The molecule has 1 aliphatic rings. The van der Waals surface area contributed by atoms with Crippen molar-refractivity contribution in [3.8, 4) is 5.75 Å². The number of nitrogens with one attached hydrogen (secondary N) is 1. The van der Waals surface area contributed by atoms with Crippen LogP contribution in [0.4, 0.5) is 0 Å². The average molecular weight is 307 g/mol.